The van der Waals surface area contributed by atoms with Crippen molar-refractivity contribution in [1.82, 2.24) is 15.5 Å². The van der Waals surface area contributed by atoms with Crippen molar-refractivity contribution in [3.05, 3.63) is 0 Å². The van der Waals surface area contributed by atoms with Crippen LogP contribution in [0.25, 0.3) is 0 Å². The van der Waals surface area contributed by atoms with Gasteiger partial charge >= 0.3 is 12.0 Å². The molecule has 0 unspecified atom stereocenters. The molecule has 0 radical (unpaired) electrons. The first-order chi connectivity index (χ1) is 8.36. The van der Waals surface area contributed by atoms with Gasteiger partial charge in [0.05, 0.1) is 19.6 Å². The number of hydrogen-bond donors (Lipinski definition) is 3. The highest BCUT2D eigenvalue weighted by molar-refractivity contribution is 5.84. The third-order valence-electron chi connectivity index (χ3n) is 2.56. The number of carboxylic acid groups (broad SMARTS) is 1. The van der Waals surface area contributed by atoms with Gasteiger partial charge in [0.25, 0.3) is 0 Å². The predicted octanol–water partition coefficient (Wildman–Crippen LogP) is -1.38. The second kappa shape index (κ2) is 5.67. The maximum Gasteiger partial charge on any atom is 0.329 e. The van der Waals surface area contributed by atoms with E-state index in [1.165, 1.54) is 11.9 Å². The lowest BCUT2D eigenvalue weighted by atomic mass is 9.97. The van der Waals surface area contributed by atoms with Gasteiger partial charge in [0, 0.05) is 7.05 Å². The third kappa shape index (κ3) is 3.88. The summed E-state index contributed by atoms with van der Waals surface area (Å²) >= 11 is 0. The van der Waals surface area contributed by atoms with Crippen LogP contribution in [0.2, 0.25) is 0 Å². The second-order valence-electron chi connectivity index (χ2n) is 4.32. The number of hydrogen-bond acceptors (Lipinski definition) is 4. The molecule has 102 valence electrons. The standard InChI is InChI=1S/C10H17N3O5/c1-10(18-4-8(15)16)5-13(6-10)9(17)12-3-7(14)11-2/h3-6H2,1-2H3,(H,11,14)(H,12,17)(H,15,16). The number of rotatable bonds is 5. The molecule has 0 bridgehead atoms. The molecule has 0 aromatic rings. The summed E-state index contributed by atoms with van der Waals surface area (Å²) in [6.45, 7) is 1.88. The second-order valence-corrected chi connectivity index (χ2v) is 4.32. The molecule has 3 amide bonds. The topological polar surface area (TPSA) is 108 Å². The minimum atomic E-state index is -1.04. The van der Waals surface area contributed by atoms with Gasteiger partial charge in [-0.2, -0.15) is 0 Å². The Morgan fingerprint density at radius 1 is 1.39 bits per heavy atom. The van der Waals surface area contributed by atoms with Gasteiger partial charge < -0.3 is 25.4 Å². The van der Waals surface area contributed by atoms with E-state index < -0.39 is 11.6 Å². The summed E-state index contributed by atoms with van der Waals surface area (Å²) in [6, 6.07) is -0.366. The molecule has 1 aliphatic rings. The van der Waals surface area contributed by atoms with E-state index in [4.69, 9.17) is 9.84 Å². The number of carbonyl (C=O) groups is 3. The van der Waals surface area contributed by atoms with Crippen LogP contribution in [0.4, 0.5) is 4.79 Å². The Morgan fingerprint density at radius 2 is 2.00 bits per heavy atom. The van der Waals surface area contributed by atoms with E-state index in [2.05, 4.69) is 10.6 Å². The van der Waals surface area contributed by atoms with E-state index in [1.807, 2.05) is 0 Å². The number of nitrogens with zero attached hydrogens (tertiary/aromatic N) is 1. The highest BCUT2D eigenvalue weighted by Crippen LogP contribution is 2.24. The van der Waals surface area contributed by atoms with Crippen LogP contribution >= 0.6 is 0 Å². The molecule has 18 heavy (non-hydrogen) atoms. The van der Waals surface area contributed by atoms with Gasteiger partial charge in [-0.05, 0) is 6.92 Å². The molecule has 1 saturated heterocycles. The zero-order valence-electron chi connectivity index (χ0n) is 10.4. The molecule has 0 aromatic heterocycles. The first kappa shape index (κ1) is 14.2. The average molecular weight is 259 g/mol. The number of likely N-dealkylation sites (N-methyl/N-ethyl adjacent to an activating group) is 1. The molecule has 0 spiro atoms. The molecule has 0 saturated carbocycles. The minimum absolute atomic E-state index is 0.0848. The molecule has 1 heterocycles. The first-order valence-corrected chi connectivity index (χ1v) is 5.45. The van der Waals surface area contributed by atoms with Crippen molar-refractivity contribution in [2.24, 2.45) is 0 Å². The van der Waals surface area contributed by atoms with E-state index in [-0.39, 0.29) is 25.1 Å². The predicted molar refractivity (Wildman–Crippen MR) is 61.0 cm³/mol. The maximum absolute atomic E-state index is 11.5. The van der Waals surface area contributed by atoms with Gasteiger partial charge in [-0.1, -0.05) is 0 Å². The fraction of sp³-hybridized carbons (Fsp3) is 0.700. The minimum Gasteiger partial charge on any atom is -0.480 e. The Balaban J connectivity index is 2.26. The van der Waals surface area contributed by atoms with Crippen molar-refractivity contribution >= 4 is 17.9 Å². The van der Waals surface area contributed by atoms with E-state index in [0.29, 0.717) is 13.1 Å². The Morgan fingerprint density at radius 3 is 2.50 bits per heavy atom. The number of urea groups is 1. The van der Waals surface area contributed by atoms with Gasteiger partial charge in [0.1, 0.15) is 12.2 Å². The number of likely N-dealkylation sites (tertiary alicyclic amines) is 1. The van der Waals surface area contributed by atoms with Gasteiger partial charge in [0.2, 0.25) is 5.91 Å². The molecule has 1 fully saturated rings. The number of ether oxygens (including phenoxy) is 1. The van der Waals surface area contributed by atoms with Crippen LogP contribution in [-0.4, -0.2) is 66.8 Å². The normalized spacial score (nSPS) is 16.7. The largest absolute Gasteiger partial charge is 0.480 e. The van der Waals surface area contributed by atoms with E-state index in [1.54, 1.807) is 6.92 Å². The summed E-state index contributed by atoms with van der Waals surface area (Å²) in [5, 5.41) is 13.3. The third-order valence-corrected chi connectivity index (χ3v) is 2.56. The summed E-state index contributed by atoms with van der Waals surface area (Å²) in [7, 11) is 1.48. The van der Waals surface area contributed by atoms with Crippen LogP contribution in [0, 0.1) is 0 Å². The molecule has 0 atom stereocenters. The smallest absolute Gasteiger partial charge is 0.329 e. The van der Waals surface area contributed by atoms with Crippen molar-refractivity contribution in [2.45, 2.75) is 12.5 Å². The van der Waals surface area contributed by atoms with Crippen LogP contribution in [0.15, 0.2) is 0 Å². The van der Waals surface area contributed by atoms with Crippen LogP contribution in [0.3, 0.4) is 0 Å². The van der Waals surface area contributed by atoms with Gasteiger partial charge in [-0.25, -0.2) is 9.59 Å². The van der Waals surface area contributed by atoms with E-state index >= 15 is 0 Å². The Hall–Kier alpha value is -1.83. The van der Waals surface area contributed by atoms with Crippen molar-refractivity contribution in [3.63, 3.8) is 0 Å². The Kier molecular flexibility index (Phi) is 4.49. The highest BCUT2D eigenvalue weighted by atomic mass is 16.5. The lowest BCUT2D eigenvalue weighted by Crippen LogP contribution is -2.65. The Bertz CT molecular complexity index is 351. The SMILES string of the molecule is CNC(=O)CNC(=O)N1CC(C)(OCC(=O)O)C1. The van der Waals surface area contributed by atoms with Gasteiger partial charge in [0.15, 0.2) is 0 Å². The van der Waals surface area contributed by atoms with Crippen LogP contribution in [-0.2, 0) is 14.3 Å². The molecule has 0 aliphatic carbocycles. The molecule has 3 N–H and O–H groups in total. The van der Waals surface area contributed by atoms with Gasteiger partial charge in [-0.15, -0.1) is 0 Å². The highest BCUT2D eigenvalue weighted by Gasteiger charge is 2.42. The van der Waals surface area contributed by atoms with E-state index in [0.717, 1.165) is 0 Å². The number of nitrogens with one attached hydrogen (secondary N) is 2. The quantitative estimate of drug-likeness (QED) is 0.564. The monoisotopic (exact) mass is 259 g/mol. The summed E-state index contributed by atoms with van der Waals surface area (Å²) in [5.41, 5.74) is -0.622. The van der Waals surface area contributed by atoms with Crippen LogP contribution in [0.5, 0.6) is 0 Å². The van der Waals surface area contributed by atoms with Crippen LogP contribution in [0.1, 0.15) is 6.92 Å². The molecular formula is C10H17N3O5. The fourth-order valence-electron chi connectivity index (χ4n) is 1.59. The molecule has 8 nitrogen and oxygen atoms in total. The average Bonchev–Trinajstić information content (AvgIpc) is 2.29. The van der Waals surface area contributed by atoms with Gasteiger partial charge in [-0.3, -0.25) is 4.79 Å². The molecule has 0 aromatic carbocycles. The maximum atomic E-state index is 11.5. The molecule has 1 aliphatic heterocycles. The van der Waals surface area contributed by atoms with Crippen molar-refractivity contribution in [2.75, 3.05) is 33.3 Å². The number of carboxylic acids is 1. The lowest BCUT2D eigenvalue weighted by molar-refractivity contribution is -0.159. The summed E-state index contributed by atoms with van der Waals surface area (Å²) in [6.07, 6.45) is 0. The number of amides is 3. The Labute approximate surface area is 104 Å². The van der Waals surface area contributed by atoms with Crippen molar-refractivity contribution < 1.29 is 24.2 Å². The molecular weight excluding hydrogens is 242 g/mol. The summed E-state index contributed by atoms with van der Waals surface area (Å²) in [4.78, 5) is 34.2. The lowest BCUT2D eigenvalue weighted by Gasteiger charge is -2.46. The fourth-order valence-corrected chi connectivity index (χ4v) is 1.59. The summed E-state index contributed by atoms with van der Waals surface area (Å²) in [5.74, 6) is -1.33. The van der Waals surface area contributed by atoms with Crippen molar-refractivity contribution in [3.8, 4) is 0 Å². The van der Waals surface area contributed by atoms with Crippen LogP contribution < -0.4 is 10.6 Å². The molecule has 8 heteroatoms. The molecule has 1 rings (SSSR count). The number of carbonyl (C=O) groups excluding carboxylic acids is 2. The summed E-state index contributed by atoms with van der Waals surface area (Å²) < 4.78 is 5.15. The van der Waals surface area contributed by atoms with Crippen molar-refractivity contribution in [1.29, 1.82) is 0 Å². The first-order valence-electron chi connectivity index (χ1n) is 5.45. The number of aliphatic carboxylic acids is 1. The zero-order valence-corrected chi connectivity index (χ0v) is 10.4. The zero-order chi connectivity index (χ0) is 13.8. The van der Waals surface area contributed by atoms with E-state index in [9.17, 15) is 14.4 Å².